The van der Waals surface area contributed by atoms with Crippen molar-refractivity contribution in [2.45, 2.75) is 20.8 Å². The second-order valence-electron chi connectivity index (χ2n) is 4.60. The summed E-state index contributed by atoms with van der Waals surface area (Å²) in [5.74, 6) is -1.85. The molecule has 0 radical (unpaired) electrons. The number of carbonyl (C=O) groups is 1. The third kappa shape index (κ3) is 5.39. The zero-order valence-electron chi connectivity index (χ0n) is 11.2. The Morgan fingerprint density at radius 1 is 1.37 bits per heavy atom. The van der Waals surface area contributed by atoms with Crippen LogP contribution in [0.4, 0.5) is 14.5 Å². The Labute approximate surface area is 126 Å². The monoisotopic (exact) mass is 305 g/mol. The number of rotatable bonds is 5. The number of benzene rings is 1. The normalized spacial score (nSPS) is 10.8. The van der Waals surface area contributed by atoms with Crippen LogP contribution in [-0.4, -0.2) is 19.1 Å². The fourth-order valence-corrected chi connectivity index (χ4v) is 1.31. The number of halogens is 2. The molecule has 0 aliphatic rings. The van der Waals surface area contributed by atoms with E-state index >= 15 is 0 Å². The molecule has 0 aromatic heterocycles. The summed E-state index contributed by atoms with van der Waals surface area (Å²) in [4.78, 5) is 11.9. The summed E-state index contributed by atoms with van der Waals surface area (Å²) in [6.45, 7) is 5.95. The number of nitrogens with one attached hydrogen (secondary N) is 1. The first-order valence-electron chi connectivity index (χ1n) is 5.71. The van der Waals surface area contributed by atoms with Gasteiger partial charge in [-0.2, -0.15) is 0 Å². The number of anilines is 1. The van der Waals surface area contributed by atoms with Gasteiger partial charge >= 0.3 is 0 Å². The molecule has 1 aromatic carbocycles. The Balaban J connectivity index is 0.00000324. The standard InChI is InChI=1S/C13H17F2NO2.Ti/c1-4-18-8-13(2,3)12(17)16-11-6-5-9(14)7-10(11)15;/h5-7H,4,8H2,1-3H3,(H,16,17);. The number of ether oxygens (including phenoxy) is 1. The molecule has 0 aliphatic heterocycles. The van der Waals surface area contributed by atoms with Crippen molar-refractivity contribution in [3.63, 3.8) is 0 Å². The van der Waals surface area contributed by atoms with E-state index in [9.17, 15) is 13.6 Å². The number of carbonyl (C=O) groups excluding carboxylic acids is 1. The second kappa shape index (κ2) is 7.73. The maximum Gasteiger partial charge on any atom is 0.232 e. The second-order valence-corrected chi connectivity index (χ2v) is 4.60. The zero-order chi connectivity index (χ0) is 13.8. The minimum atomic E-state index is -0.796. The molecule has 0 aliphatic carbocycles. The Bertz CT molecular complexity index is 439. The van der Waals surface area contributed by atoms with Crippen LogP contribution in [0.5, 0.6) is 0 Å². The molecule has 3 nitrogen and oxygen atoms in total. The summed E-state index contributed by atoms with van der Waals surface area (Å²) in [6.07, 6.45) is 0. The first-order valence-corrected chi connectivity index (χ1v) is 5.71. The fraction of sp³-hybridized carbons (Fsp3) is 0.462. The Morgan fingerprint density at radius 3 is 2.53 bits per heavy atom. The third-order valence-corrected chi connectivity index (χ3v) is 2.46. The van der Waals surface area contributed by atoms with Crippen molar-refractivity contribution in [3.05, 3.63) is 29.8 Å². The minimum Gasteiger partial charge on any atom is -0.381 e. The average molecular weight is 305 g/mol. The summed E-state index contributed by atoms with van der Waals surface area (Å²) in [5.41, 5.74) is -0.817. The number of hydrogen-bond acceptors (Lipinski definition) is 2. The largest absolute Gasteiger partial charge is 0.381 e. The van der Waals surface area contributed by atoms with Gasteiger partial charge < -0.3 is 10.1 Å². The summed E-state index contributed by atoms with van der Waals surface area (Å²) < 4.78 is 31.3. The molecule has 0 atom stereocenters. The molecule has 0 bridgehead atoms. The summed E-state index contributed by atoms with van der Waals surface area (Å²) in [7, 11) is 0. The first-order chi connectivity index (χ1) is 8.36. The van der Waals surface area contributed by atoms with Crippen molar-refractivity contribution in [2.24, 2.45) is 5.41 Å². The first kappa shape index (κ1) is 18.2. The van der Waals surface area contributed by atoms with Crippen LogP contribution in [0.15, 0.2) is 18.2 Å². The topological polar surface area (TPSA) is 38.3 Å². The summed E-state index contributed by atoms with van der Waals surface area (Å²) >= 11 is 0. The smallest absolute Gasteiger partial charge is 0.232 e. The van der Waals surface area contributed by atoms with Crippen molar-refractivity contribution in [2.75, 3.05) is 18.5 Å². The van der Waals surface area contributed by atoms with Crippen molar-refractivity contribution in [1.29, 1.82) is 0 Å². The molecule has 0 heterocycles. The van der Waals surface area contributed by atoms with Gasteiger partial charge in [0.1, 0.15) is 11.6 Å². The molecule has 1 rings (SSSR count). The van der Waals surface area contributed by atoms with Gasteiger partial charge in [-0.25, -0.2) is 8.78 Å². The van der Waals surface area contributed by atoms with Crippen molar-refractivity contribution < 1.29 is 40.0 Å². The molecule has 0 saturated carbocycles. The van der Waals surface area contributed by atoms with Crippen LogP contribution in [0.25, 0.3) is 0 Å². The van der Waals surface area contributed by atoms with Crippen molar-refractivity contribution in [1.82, 2.24) is 0 Å². The fourth-order valence-electron chi connectivity index (χ4n) is 1.31. The zero-order valence-corrected chi connectivity index (χ0v) is 12.8. The minimum absolute atomic E-state index is 0. The number of hydrogen-bond donors (Lipinski definition) is 1. The molecule has 1 aromatic rings. The summed E-state index contributed by atoms with van der Waals surface area (Å²) in [6, 6.07) is 3.01. The van der Waals surface area contributed by atoms with E-state index in [4.69, 9.17) is 4.74 Å². The van der Waals surface area contributed by atoms with E-state index in [-0.39, 0.29) is 39.9 Å². The molecule has 0 fully saturated rings. The van der Waals surface area contributed by atoms with E-state index in [1.165, 1.54) is 6.07 Å². The van der Waals surface area contributed by atoms with Gasteiger partial charge in [0.2, 0.25) is 5.91 Å². The van der Waals surface area contributed by atoms with Gasteiger partial charge in [-0.3, -0.25) is 4.79 Å². The van der Waals surface area contributed by atoms with Gasteiger partial charge in [0.05, 0.1) is 17.7 Å². The Hall–Kier alpha value is -0.776. The third-order valence-electron chi connectivity index (χ3n) is 2.46. The van der Waals surface area contributed by atoms with Crippen LogP contribution in [0.3, 0.4) is 0 Å². The average Bonchev–Trinajstić information content (AvgIpc) is 2.30. The SMILES string of the molecule is CCOCC(C)(C)C(=O)Nc1ccc(F)cc1F.[Ti]. The van der Waals surface area contributed by atoms with Gasteiger partial charge in [-0.1, -0.05) is 0 Å². The van der Waals surface area contributed by atoms with Crippen LogP contribution in [0.1, 0.15) is 20.8 Å². The Kier molecular flexibility index (Phi) is 7.41. The van der Waals surface area contributed by atoms with Crippen LogP contribution < -0.4 is 5.32 Å². The van der Waals surface area contributed by atoms with E-state index in [1.54, 1.807) is 13.8 Å². The molecule has 104 valence electrons. The van der Waals surface area contributed by atoms with E-state index in [1.807, 2.05) is 6.92 Å². The van der Waals surface area contributed by atoms with Gasteiger partial charge in [-0.15, -0.1) is 0 Å². The molecule has 6 heteroatoms. The molecule has 0 spiro atoms. The number of amides is 1. The van der Waals surface area contributed by atoms with E-state index < -0.39 is 17.0 Å². The van der Waals surface area contributed by atoms with Crippen LogP contribution in [0, 0.1) is 17.0 Å². The van der Waals surface area contributed by atoms with E-state index in [2.05, 4.69) is 5.32 Å². The van der Waals surface area contributed by atoms with Crippen LogP contribution >= 0.6 is 0 Å². The van der Waals surface area contributed by atoms with E-state index in [0.29, 0.717) is 6.61 Å². The Morgan fingerprint density at radius 2 is 2.00 bits per heavy atom. The molecule has 1 N–H and O–H groups in total. The van der Waals surface area contributed by atoms with Gasteiger partial charge in [-0.05, 0) is 32.9 Å². The van der Waals surface area contributed by atoms with Crippen molar-refractivity contribution >= 4 is 11.6 Å². The summed E-state index contributed by atoms with van der Waals surface area (Å²) in [5, 5.41) is 2.43. The van der Waals surface area contributed by atoms with Gasteiger partial charge in [0, 0.05) is 34.4 Å². The van der Waals surface area contributed by atoms with Gasteiger partial charge in [0.25, 0.3) is 0 Å². The molecular weight excluding hydrogens is 288 g/mol. The van der Waals surface area contributed by atoms with E-state index in [0.717, 1.165) is 12.1 Å². The molecular formula is C13H17F2NO2Ti. The molecule has 1 amide bonds. The predicted octanol–water partition coefficient (Wildman–Crippen LogP) is 2.96. The maximum absolute atomic E-state index is 13.4. The van der Waals surface area contributed by atoms with Crippen LogP contribution in [-0.2, 0) is 31.2 Å². The van der Waals surface area contributed by atoms with Crippen LogP contribution in [0.2, 0.25) is 0 Å². The quantitative estimate of drug-likeness (QED) is 0.849. The molecule has 0 unspecified atom stereocenters. The van der Waals surface area contributed by atoms with Crippen molar-refractivity contribution in [3.8, 4) is 0 Å². The molecule has 0 saturated heterocycles. The predicted molar refractivity (Wildman–Crippen MR) is 65.3 cm³/mol. The maximum atomic E-state index is 13.4. The molecule has 19 heavy (non-hydrogen) atoms. The van der Waals surface area contributed by atoms with Gasteiger partial charge in [0.15, 0.2) is 0 Å².